The highest BCUT2D eigenvalue weighted by atomic mass is 16.8. The first kappa shape index (κ1) is 26.8. The first-order valence-corrected chi connectivity index (χ1v) is 12.3. The van der Waals surface area contributed by atoms with Gasteiger partial charge in [-0.2, -0.15) is 4.98 Å². The molecule has 1 fully saturated rings. The monoisotopic (exact) mass is 493 g/mol. The van der Waals surface area contributed by atoms with Crippen LogP contribution >= 0.6 is 0 Å². The number of nitrogen functional groups attached to an aromatic ring is 1. The number of fused-ring (bicyclic) bond motifs is 1. The molecule has 0 bridgehead atoms. The molecule has 192 valence electrons. The highest BCUT2D eigenvalue weighted by Gasteiger charge is 2.22. The van der Waals surface area contributed by atoms with Crippen LogP contribution in [0, 0.1) is 23.7 Å². The minimum atomic E-state index is -0.135. The number of para-hydroxylation sites is 1. The normalized spacial score (nSPS) is 17.0. The van der Waals surface area contributed by atoms with Crippen molar-refractivity contribution in [2.75, 3.05) is 38.4 Å². The molecule has 4 rings (SSSR count). The molecule has 36 heavy (non-hydrogen) atoms. The van der Waals surface area contributed by atoms with Gasteiger partial charge < -0.3 is 16.0 Å². The van der Waals surface area contributed by atoms with Gasteiger partial charge in [-0.05, 0) is 49.8 Å². The topological polar surface area (TPSA) is 113 Å². The molecule has 1 aliphatic rings. The van der Waals surface area contributed by atoms with Crippen molar-refractivity contribution in [3.63, 3.8) is 0 Å². The van der Waals surface area contributed by atoms with Crippen LogP contribution in [0.25, 0.3) is 10.9 Å². The third-order valence-electron chi connectivity index (χ3n) is 6.54. The van der Waals surface area contributed by atoms with Crippen molar-refractivity contribution in [1.29, 1.82) is 0 Å². The zero-order chi connectivity index (χ0) is 26.2. The maximum Gasteiger partial charge on any atom is 0.320 e. The predicted octanol–water partition coefficient (Wildman–Crippen LogP) is 4.80. The number of nitrogens with zero attached hydrogens (tertiary/aromatic N) is 4. The van der Waals surface area contributed by atoms with Gasteiger partial charge in [-0.25, -0.2) is 9.82 Å². The Morgan fingerprint density at radius 3 is 2.50 bits per heavy atom. The first-order valence-electron chi connectivity index (χ1n) is 12.3. The molecule has 1 amide bonds. The Bertz CT molecular complexity index is 1210. The van der Waals surface area contributed by atoms with E-state index in [9.17, 15) is 9.70 Å². The molecule has 0 atom stereocenters. The highest BCUT2D eigenvalue weighted by molar-refractivity contribution is 5.95. The Balaban J connectivity index is 0.000000221. The second-order valence-corrected chi connectivity index (χ2v) is 9.59. The Hall–Kier alpha value is -3.75. The number of aryl methyl sites for hydroxylation is 1. The van der Waals surface area contributed by atoms with Gasteiger partial charge in [0.1, 0.15) is 5.82 Å². The van der Waals surface area contributed by atoms with E-state index in [-0.39, 0.29) is 5.91 Å². The molecule has 0 saturated heterocycles. The number of carbonyl (C=O) groups is 1. The smallest absolute Gasteiger partial charge is 0.320 e. The molecule has 1 heterocycles. The molecule has 1 aromatic heterocycles. The molecular weight excluding hydrogens is 456 g/mol. The van der Waals surface area contributed by atoms with E-state index in [0.29, 0.717) is 34.6 Å². The Morgan fingerprint density at radius 2 is 1.83 bits per heavy atom. The fourth-order valence-electron chi connectivity index (χ4n) is 4.34. The number of nitrogens with one attached hydrogen (secondary N) is 1. The molecule has 3 N–H and O–H groups in total. The van der Waals surface area contributed by atoms with Gasteiger partial charge in [0, 0.05) is 43.2 Å². The molecular formula is C27H37N6O3+. The van der Waals surface area contributed by atoms with Crippen LogP contribution in [0.2, 0.25) is 0 Å². The highest BCUT2D eigenvalue weighted by Crippen LogP contribution is 2.28. The lowest BCUT2D eigenvalue weighted by molar-refractivity contribution is -0.737. The van der Waals surface area contributed by atoms with Crippen LogP contribution in [0.1, 0.15) is 48.5 Å². The largest absolute Gasteiger partial charge is 0.368 e. The van der Waals surface area contributed by atoms with E-state index in [1.54, 1.807) is 18.2 Å². The van der Waals surface area contributed by atoms with E-state index in [1.165, 1.54) is 32.8 Å². The lowest BCUT2D eigenvalue weighted by atomic mass is 9.83. The summed E-state index contributed by atoms with van der Waals surface area (Å²) in [5.41, 5.74) is 8.12. The van der Waals surface area contributed by atoms with E-state index in [1.807, 2.05) is 50.2 Å². The minimum absolute atomic E-state index is 0.135. The zero-order valence-corrected chi connectivity index (χ0v) is 21.8. The SMILES string of the molecule is CN(C)c1nc(N)nc2ccccc12.CO[N+](=O)c1cc(C(=O)NCC2CCC(C)CC2)ccc1C. The van der Waals surface area contributed by atoms with Crippen LogP contribution in [0.5, 0.6) is 0 Å². The quantitative estimate of drug-likeness (QED) is 0.474. The van der Waals surface area contributed by atoms with Crippen LogP contribution in [-0.2, 0) is 4.84 Å². The summed E-state index contributed by atoms with van der Waals surface area (Å²) in [5, 5.41) is 4.01. The van der Waals surface area contributed by atoms with E-state index in [2.05, 4.69) is 27.0 Å². The molecule has 0 spiro atoms. The van der Waals surface area contributed by atoms with E-state index in [4.69, 9.17) is 5.73 Å². The standard InChI is InChI=1S/C17H24N2O3.C10H12N4/c1-12-4-7-14(8-5-12)11-18-17(20)15-9-6-13(2)16(10-15)19(21)22-3;1-14(2)9-7-5-3-4-6-8(7)12-10(11)13-9/h6,9-10,12,14H,4-5,7-8,11H2,1-3H3;3-6H,1-2H3,(H2,11,12,13)/p+1. The fraction of sp³-hybridized carbons (Fsp3) is 0.444. The summed E-state index contributed by atoms with van der Waals surface area (Å²) in [6.07, 6.45) is 4.85. The number of rotatable bonds is 6. The second kappa shape index (κ2) is 12.3. The van der Waals surface area contributed by atoms with Crippen molar-refractivity contribution in [2.45, 2.75) is 39.5 Å². The molecule has 9 nitrogen and oxygen atoms in total. The van der Waals surface area contributed by atoms with Gasteiger partial charge in [-0.15, -0.1) is 0 Å². The maximum atomic E-state index is 12.3. The minimum Gasteiger partial charge on any atom is -0.368 e. The number of carbonyl (C=O) groups excluding carboxylic acids is 1. The van der Waals surface area contributed by atoms with Crippen LogP contribution < -0.4 is 16.0 Å². The molecule has 9 heteroatoms. The lowest BCUT2D eigenvalue weighted by Gasteiger charge is -2.26. The Morgan fingerprint density at radius 1 is 1.14 bits per heavy atom. The van der Waals surface area contributed by atoms with Crippen molar-refractivity contribution >= 4 is 34.3 Å². The Kier molecular flexibility index (Phi) is 9.16. The third-order valence-corrected chi connectivity index (χ3v) is 6.54. The third kappa shape index (κ3) is 6.90. The van der Waals surface area contributed by atoms with Crippen molar-refractivity contribution in [3.8, 4) is 0 Å². The number of hydrogen-bond donors (Lipinski definition) is 2. The molecule has 0 aliphatic heterocycles. The zero-order valence-electron chi connectivity index (χ0n) is 21.8. The molecule has 0 radical (unpaired) electrons. The molecule has 0 unspecified atom stereocenters. The summed E-state index contributed by atoms with van der Waals surface area (Å²) in [7, 11) is 5.19. The summed E-state index contributed by atoms with van der Waals surface area (Å²) < 4.78 is 0. The van der Waals surface area contributed by atoms with Crippen LogP contribution in [0.3, 0.4) is 0 Å². The molecule has 3 aromatic rings. The molecule has 2 aromatic carbocycles. The van der Waals surface area contributed by atoms with Crippen molar-refractivity contribution in [2.24, 2.45) is 11.8 Å². The fourth-order valence-corrected chi connectivity index (χ4v) is 4.34. The molecule has 1 aliphatic carbocycles. The summed E-state index contributed by atoms with van der Waals surface area (Å²) in [6.45, 7) is 4.80. The summed E-state index contributed by atoms with van der Waals surface area (Å²) in [6, 6.07) is 12.9. The number of hydrogen-bond acceptors (Lipinski definition) is 7. The summed E-state index contributed by atoms with van der Waals surface area (Å²) in [4.78, 5) is 39.2. The van der Waals surface area contributed by atoms with Gasteiger partial charge >= 0.3 is 5.69 Å². The summed E-state index contributed by atoms with van der Waals surface area (Å²) >= 11 is 0. The van der Waals surface area contributed by atoms with Crippen molar-refractivity contribution in [3.05, 3.63) is 58.5 Å². The van der Waals surface area contributed by atoms with Gasteiger partial charge in [0.25, 0.3) is 10.8 Å². The predicted molar refractivity (Wildman–Crippen MR) is 143 cm³/mol. The van der Waals surface area contributed by atoms with Gasteiger partial charge in [-0.1, -0.05) is 38.0 Å². The van der Waals surface area contributed by atoms with Gasteiger partial charge in [0.2, 0.25) is 5.95 Å². The van der Waals surface area contributed by atoms with E-state index >= 15 is 0 Å². The number of benzene rings is 2. The maximum absolute atomic E-state index is 12.3. The van der Waals surface area contributed by atoms with Gasteiger partial charge in [0.15, 0.2) is 7.11 Å². The number of nitrogens with two attached hydrogens (primary N) is 1. The van der Waals surface area contributed by atoms with E-state index in [0.717, 1.165) is 28.2 Å². The van der Waals surface area contributed by atoms with Crippen molar-refractivity contribution in [1.82, 2.24) is 15.3 Å². The van der Waals surface area contributed by atoms with Crippen LogP contribution in [0.15, 0.2) is 42.5 Å². The average Bonchev–Trinajstić information content (AvgIpc) is 2.87. The van der Waals surface area contributed by atoms with Gasteiger partial charge in [0.05, 0.1) is 10.4 Å². The summed E-state index contributed by atoms with van der Waals surface area (Å²) in [5.74, 6) is 2.41. The van der Waals surface area contributed by atoms with Crippen molar-refractivity contribution < 1.29 is 14.6 Å². The first-order chi connectivity index (χ1) is 17.2. The van der Waals surface area contributed by atoms with E-state index < -0.39 is 0 Å². The number of aromatic nitrogens is 2. The molecule has 1 saturated carbocycles. The average molecular weight is 494 g/mol. The second-order valence-electron chi connectivity index (χ2n) is 9.59. The Labute approximate surface area is 212 Å². The lowest BCUT2D eigenvalue weighted by Crippen LogP contribution is -2.31. The van der Waals surface area contributed by atoms with Gasteiger partial charge in [-0.3, -0.25) is 4.79 Å². The number of amides is 1. The number of anilines is 2. The van der Waals surface area contributed by atoms with Crippen LogP contribution in [0.4, 0.5) is 17.5 Å². The van der Waals surface area contributed by atoms with Crippen LogP contribution in [-0.4, -0.2) is 48.5 Å².